The molecule has 0 radical (unpaired) electrons. The average molecular weight is 194 g/mol. The molecular weight excluding hydrogens is 176 g/mol. The lowest BCUT2D eigenvalue weighted by atomic mass is 10.2. The molecule has 0 aliphatic carbocycles. The van der Waals surface area contributed by atoms with Crippen LogP contribution in [0.1, 0.15) is 20.8 Å². The summed E-state index contributed by atoms with van der Waals surface area (Å²) in [5.74, 6) is 1.99. The molecule has 78 valence electrons. The van der Waals surface area contributed by atoms with Crippen molar-refractivity contribution in [2.24, 2.45) is 5.92 Å². The van der Waals surface area contributed by atoms with E-state index in [2.05, 4.69) is 35.9 Å². The van der Waals surface area contributed by atoms with E-state index in [9.17, 15) is 0 Å². The van der Waals surface area contributed by atoms with Crippen LogP contribution >= 0.6 is 0 Å². The molecule has 1 aromatic heterocycles. The number of nitrogens with two attached hydrogens (primary N) is 1. The first-order chi connectivity index (χ1) is 6.63. The van der Waals surface area contributed by atoms with Crippen LogP contribution in [0.4, 0.5) is 11.6 Å². The molecule has 14 heavy (non-hydrogen) atoms. The third kappa shape index (κ3) is 2.87. The van der Waals surface area contributed by atoms with Crippen molar-refractivity contribution in [1.82, 2.24) is 10.2 Å². The van der Waals surface area contributed by atoms with Gasteiger partial charge in [-0.2, -0.15) is 0 Å². The van der Waals surface area contributed by atoms with E-state index in [1.807, 2.05) is 6.07 Å². The minimum atomic E-state index is 0.467. The Labute approximate surface area is 85.1 Å². The Morgan fingerprint density at radius 1 is 1.36 bits per heavy atom. The Balaban J connectivity index is 2.73. The summed E-state index contributed by atoms with van der Waals surface area (Å²) in [6, 6.07) is 3.69. The van der Waals surface area contributed by atoms with Gasteiger partial charge in [0.1, 0.15) is 5.82 Å². The first-order valence-electron chi connectivity index (χ1n) is 4.97. The van der Waals surface area contributed by atoms with Crippen molar-refractivity contribution in [3.05, 3.63) is 12.1 Å². The van der Waals surface area contributed by atoms with Gasteiger partial charge >= 0.3 is 0 Å². The molecule has 1 aromatic rings. The lowest BCUT2D eigenvalue weighted by Gasteiger charge is -2.23. The van der Waals surface area contributed by atoms with E-state index in [1.54, 1.807) is 6.07 Å². The molecule has 0 unspecified atom stereocenters. The highest BCUT2D eigenvalue weighted by molar-refractivity contribution is 5.41. The van der Waals surface area contributed by atoms with Gasteiger partial charge in [-0.05, 0) is 25.0 Å². The fourth-order valence-electron chi connectivity index (χ4n) is 1.33. The zero-order valence-corrected chi connectivity index (χ0v) is 9.07. The molecule has 1 rings (SSSR count). The fraction of sp³-hybridized carbons (Fsp3) is 0.600. The van der Waals surface area contributed by atoms with E-state index in [1.165, 1.54) is 0 Å². The molecule has 0 atom stereocenters. The summed E-state index contributed by atoms with van der Waals surface area (Å²) in [5.41, 5.74) is 5.48. The number of nitrogen functional groups attached to an aromatic ring is 1. The van der Waals surface area contributed by atoms with Crippen LogP contribution in [0.25, 0.3) is 0 Å². The topological polar surface area (TPSA) is 55.0 Å². The highest BCUT2D eigenvalue weighted by Gasteiger charge is 2.07. The molecule has 0 amide bonds. The van der Waals surface area contributed by atoms with Gasteiger partial charge < -0.3 is 10.6 Å². The maximum absolute atomic E-state index is 5.48. The highest BCUT2D eigenvalue weighted by Crippen LogP contribution is 2.11. The van der Waals surface area contributed by atoms with Crippen LogP contribution in [-0.2, 0) is 0 Å². The van der Waals surface area contributed by atoms with Crippen molar-refractivity contribution < 1.29 is 0 Å². The second-order valence-electron chi connectivity index (χ2n) is 3.75. The molecule has 0 aliphatic rings. The van der Waals surface area contributed by atoms with E-state index in [0.29, 0.717) is 11.7 Å². The predicted octanol–water partition coefficient (Wildman–Crippen LogP) is 1.54. The van der Waals surface area contributed by atoms with Crippen molar-refractivity contribution in [3.63, 3.8) is 0 Å². The zero-order valence-electron chi connectivity index (χ0n) is 9.07. The van der Waals surface area contributed by atoms with Crippen LogP contribution in [0.3, 0.4) is 0 Å². The number of nitrogens with zero attached hydrogens (tertiary/aromatic N) is 3. The molecule has 0 aromatic carbocycles. The van der Waals surface area contributed by atoms with E-state index >= 15 is 0 Å². The number of hydrogen-bond acceptors (Lipinski definition) is 4. The lowest BCUT2D eigenvalue weighted by Crippen LogP contribution is -2.28. The van der Waals surface area contributed by atoms with Crippen molar-refractivity contribution in [2.75, 3.05) is 23.7 Å². The smallest absolute Gasteiger partial charge is 0.151 e. The first-order valence-corrected chi connectivity index (χ1v) is 4.97. The Morgan fingerprint density at radius 2 is 2.07 bits per heavy atom. The largest absolute Gasteiger partial charge is 0.382 e. The monoisotopic (exact) mass is 194 g/mol. The molecule has 0 saturated carbocycles. The van der Waals surface area contributed by atoms with Gasteiger partial charge in [0.2, 0.25) is 0 Å². The summed E-state index contributed by atoms with van der Waals surface area (Å²) in [6.07, 6.45) is 0. The van der Waals surface area contributed by atoms with Gasteiger partial charge in [0.15, 0.2) is 5.82 Å². The van der Waals surface area contributed by atoms with E-state index in [0.717, 1.165) is 18.9 Å². The van der Waals surface area contributed by atoms with Crippen molar-refractivity contribution >= 4 is 11.6 Å². The molecule has 1 heterocycles. The number of anilines is 2. The van der Waals surface area contributed by atoms with Crippen LogP contribution < -0.4 is 10.6 Å². The van der Waals surface area contributed by atoms with Gasteiger partial charge in [-0.25, -0.2) is 0 Å². The standard InChI is InChI=1S/C10H18N4/c1-4-14(7-8(2)3)10-6-5-9(11)12-13-10/h5-6,8H,4,7H2,1-3H3,(H2,11,12). The van der Waals surface area contributed by atoms with Crippen LogP contribution in [0.2, 0.25) is 0 Å². The van der Waals surface area contributed by atoms with Gasteiger partial charge in [0.25, 0.3) is 0 Å². The number of aromatic nitrogens is 2. The second-order valence-corrected chi connectivity index (χ2v) is 3.75. The molecule has 2 N–H and O–H groups in total. The lowest BCUT2D eigenvalue weighted by molar-refractivity contribution is 0.612. The first kappa shape index (κ1) is 10.8. The minimum absolute atomic E-state index is 0.467. The summed E-state index contributed by atoms with van der Waals surface area (Å²) in [4.78, 5) is 2.19. The summed E-state index contributed by atoms with van der Waals surface area (Å²) in [6.45, 7) is 8.42. The SMILES string of the molecule is CCN(CC(C)C)c1ccc(N)nn1. The van der Waals surface area contributed by atoms with Crippen molar-refractivity contribution in [1.29, 1.82) is 0 Å². The van der Waals surface area contributed by atoms with Crippen LogP contribution in [0, 0.1) is 5.92 Å². The van der Waals surface area contributed by atoms with Crippen LogP contribution in [0.5, 0.6) is 0 Å². The molecule has 4 nitrogen and oxygen atoms in total. The Hall–Kier alpha value is -1.32. The maximum atomic E-state index is 5.48. The zero-order chi connectivity index (χ0) is 10.6. The average Bonchev–Trinajstić information content (AvgIpc) is 2.15. The Morgan fingerprint density at radius 3 is 2.50 bits per heavy atom. The minimum Gasteiger partial charge on any atom is -0.382 e. The molecule has 0 spiro atoms. The quantitative estimate of drug-likeness (QED) is 0.790. The summed E-state index contributed by atoms with van der Waals surface area (Å²) >= 11 is 0. The van der Waals surface area contributed by atoms with Gasteiger partial charge in [0.05, 0.1) is 0 Å². The van der Waals surface area contributed by atoms with E-state index < -0.39 is 0 Å². The van der Waals surface area contributed by atoms with Gasteiger partial charge in [-0.3, -0.25) is 0 Å². The predicted molar refractivity (Wildman–Crippen MR) is 59.2 cm³/mol. The third-order valence-corrected chi connectivity index (χ3v) is 1.96. The van der Waals surface area contributed by atoms with Gasteiger partial charge in [-0.1, -0.05) is 13.8 Å². The third-order valence-electron chi connectivity index (χ3n) is 1.96. The van der Waals surface area contributed by atoms with E-state index in [-0.39, 0.29) is 0 Å². The van der Waals surface area contributed by atoms with Crippen molar-refractivity contribution in [3.8, 4) is 0 Å². The summed E-state index contributed by atoms with van der Waals surface area (Å²) < 4.78 is 0. The van der Waals surface area contributed by atoms with Crippen LogP contribution in [0.15, 0.2) is 12.1 Å². The summed E-state index contributed by atoms with van der Waals surface area (Å²) in [7, 11) is 0. The fourth-order valence-corrected chi connectivity index (χ4v) is 1.33. The molecular formula is C10H18N4. The van der Waals surface area contributed by atoms with Gasteiger partial charge in [-0.15, -0.1) is 10.2 Å². The number of rotatable bonds is 4. The summed E-state index contributed by atoms with van der Waals surface area (Å²) in [5, 5.41) is 7.89. The highest BCUT2D eigenvalue weighted by atomic mass is 15.3. The number of hydrogen-bond donors (Lipinski definition) is 1. The Kier molecular flexibility index (Phi) is 3.68. The van der Waals surface area contributed by atoms with Gasteiger partial charge in [0, 0.05) is 13.1 Å². The Bertz CT molecular complexity index is 268. The normalized spacial score (nSPS) is 10.6. The molecule has 0 aliphatic heterocycles. The van der Waals surface area contributed by atoms with E-state index in [4.69, 9.17) is 5.73 Å². The van der Waals surface area contributed by atoms with Crippen molar-refractivity contribution in [2.45, 2.75) is 20.8 Å². The maximum Gasteiger partial charge on any atom is 0.151 e. The second kappa shape index (κ2) is 4.79. The molecule has 0 bridgehead atoms. The molecule has 4 heteroatoms. The molecule has 0 saturated heterocycles. The molecule has 0 fully saturated rings. The van der Waals surface area contributed by atoms with Crippen LogP contribution in [-0.4, -0.2) is 23.3 Å².